The zero-order valence-electron chi connectivity index (χ0n) is 30.5. The third kappa shape index (κ3) is 4.53. The first kappa shape index (κ1) is 31.8. The van der Waals surface area contributed by atoms with Gasteiger partial charge in [0.1, 0.15) is 0 Å². The molecule has 3 aromatic heterocycles. The molecule has 0 saturated heterocycles. The lowest BCUT2D eigenvalue weighted by atomic mass is 9.86. The summed E-state index contributed by atoms with van der Waals surface area (Å²) in [6, 6.07) is 68.0. The van der Waals surface area contributed by atoms with Gasteiger partial charge in [0.2, 0.25) is 0 Å². The molecule has 0 N–H and O–H groups in total. The van der Waals surface area contributed by atoms with E-state index in [-0.39, 0.29) is 0 Å². The van der Waals surface area contributed by atoms with Gasteiger partial charge in [0.05, 0.1) is 0 Å². The molecule has 0 aliphatic heterocycles. The van der Waals surface area contributed by atoms with E-state index < -0.39 is 0 Å². The SMILES string of the molecule is c1ccc(-c2c3ccccc3c(-c3ccc4sc5c(-c6c7ccccc7cc7c6sc6ccc8c9ccccc9sc8c67)cccc5c4c3)c3ccccc23)cc1. The molecule has 0 spiro atoms. The molecule has 0 radical (unpaired) electrons. The van der Waals surface area contributed by atoms with E-state index in [1.165, 1.54) is 126 Å². The van der Waals surface area contributed by atoms with E-state index in [0.29, 0.717) is 0 Å². The van der Waals surface area contributed by atoms with Crippen molar-refractivity contribution in [2.24, 2.45) is 0 Å². The van der Waals surface area contributed by atoms with Crippen molar-refractivity contribution in [3.05, 3.63) is 182 Å². The maximum Gasteiger partial charge on any atom is 0.0448 e. The van der Waals surface area contributed by atoms with Gasteiger partial charge in [-0.2, -0.15) is 0 Å². The Morgan fingerprint density at radius 1 is 0.263 bits per heavy atom. The molecule has 0 nitrogen and oxygen atoms in total. The van der Waals surface area contributed by atoms with Crippen LogP contribution in [0.5, 0.6) is 0 Å². The Morgan fingerprint density at radius 3 is 1.60 bits per heavy atom. The van der Waals surface area contributed by atoms with Gasteiger partial charge in [-0.3, -0.25) is 0 Å². The number of benzene rings is 10. The minimum Gasteiger partial charge on any atom is -0.135 e. The van der Waals surface area contributed by atoms with Crippen LogP contribution in [-0.4, -0.2) is 0 Å². The minimum atomic E-state index is 1.25. The predicted octanol–water partition coefficient (Wildman–Crippen LogP) is 17.3. The maximum atomic E-state index is 2.46. The molecule has 0 aliphatic rings. The summed E-state index contributed by atoms with van der Waals surface area (Å²) in [5.41, 5.74) is 7.77. The first-order chi connectivity index (χ1) is 28.3. The van der Waals surface area contributed by atoms with E-state index in [0.717, 1.165) is 0 Å². The van der Waals surface area contributed by atoms with Crippen LogP contribution >= 0.6 is 34.0 Å². The lowest BCUT2D eigenvalue weighted by molar-refractivity contribution is 1.66. The molecule has 0 bridgehead atoms. The van der Waals surface area contributed by atoms with Crippen molar-refractivity contribution in [3.8, 4) is 33.4 Å². The first-order valence-electron chi connectivity index (χ1n) is 19.4. The number of hydrogen-bond acceptors (Lipinski definition) is 3. The number of hydrogen-bond donors (Lipinski definition) is 0. The van der Waals surface area contributed by atoms with Gasteiger partial charge < -0.3 is 0 Å². The summed E-state index contributed by atoms with van der Waals surface area (Å²) in [6.45, 7) is 0. The van der Waals surface area contributed by atoms with Crippen molar-refractivity contribution in [1.82, 2.24) is 0 Å². The zero-order chi connectivity index (χ0) is 37.2. The molecule has 57 heavy (non-hydrogen) atoms. The Balaban J connectivity index is 1.08. The molecule has 13 aromatic rings. The molecule has 0 atom stereocenters. The zero-order valence-corrected chi connectivity index (χ0v) is 33.0. The quantitative estimate of drug-likeness (QED) is 0.157. The summed E-state index contributed by atoms with van der Waals surface area (Å²) < 4.78 is 8.13. The van der Waals surface area contributed by atoms with Gasteiger partial charge >= 0.3 is 0 Å². The summed E-state index contributed by atoms with van der Waals surface area (Å²) >= 11 is 5.81. The number of rotatable bonds is 3. The van der Waals surface area contributed by atoms with Crippen LogP contribution in [-0.2, 0) is 0 Å². The second-order valence-corrected chi connectivity index (χ2v) is 18.2. The first-order valence-corrected chi connectivity index (χ1v) is 21.9. The summed E-state index contributed by atoms with van der Waals surface area (Å²) in [4.78, 5) is 0. The largest absolute Gasteiger partial charge is 0.135 e. The Morgan fingerprint density at radius 2 is 0.825 bits per heavy atom. The fourth-order valence-electron chi connectivity index (χ4n) is 9.61. The van der Waals surface area contributed by atoms with Gasteiger partial charge in [0.25, 0.3) is 0 Å². The fraction of sp³-hybridized carbons (Fsp3) is 0. The lowest BCUT2D eigenvalue weighted by Gasteiger charge is -2.17. The van der Waals surface area contributed by atoms with Crippen molar-refractivity contribution in [2.45, 2.75) is 0 Å². The van der Waals surface area contributed by atoms with E-state index in [1.807, 2.05) is 34.0 Å². The molecule has 264 valence electrons. The highest BCUT2D eigenvalue weighted by molar-refractivity contribution is 7.30. The van der Waals surface area contributed by atoms with Crippen molar-refractivity contribution in [3.63, 3.8) is 0 Å². The molecular weight excluding hydrogens is 745 g/mol. The smallest absolute Gasteiger partial charge is 0.0448 e. The van der Waals surface area contributed by atoms with Gasteiger partial charge in [-0.05, 0) is 84.9 Å². The second kappa shape index (κ2) is 12.1. The van der Waals surface area contributed by atoms with Crippen molar-refractivity contribution < 1.29 is 0 Å². The van der Waals surface area contributed by atoms with Crippen molar-refractivity contribution >= 4 is 127 Å². The van der Waals surface area contributed by atoms with Crippen LogP contribution in [0.25, 0.3) is 126 Å². The van der Waals surface area contributed by atoms with Crippen LogP contribution < -0.4 is 0 Å². The molecule has 0 unspecified atom stereocenters. The van der Waals surface area contributed by atoms with E-state index in [1.54, 1.807) is 0 Å². The Bertz CT molecular complexity index is 3750. The molecule has 3 heteroatoms. The molecule has 0 saturated carbocycles. The van der Waals surface area contributed by atoms with Gasteiger partial charge in [0, 0.05) is 71.6 Å². The highest BCUT2D eigenvalue weighted by atomic mass is 32.1. The highest BCUT2D eigenvalue weighted by Crippen LogP contribution is 2.52. The Hall–Kier alpha value is -6.36. The summed E-state index contributed by atoms with van der Waals surface area (Å²) in [6.07, 6.45) is 0. The van der Waals surface area contributed by atoms with Crippen LogP contribution in [0.4, 0.5) is 0 Å². The molecule has 0 amide bonds. The predicted molar refractivity (Wildman–Crippen MR) is 254 cm³/mol. The van der Waals surface area contributed by atoms with Crippen molar-refractivity contribution in [2.75, 3.05) is 0 Å². The van der Waals surface area contributed by atoms with E-state index >= 15 is 0 Å². The summed E-state index contributed by atoms with van der Waals surface area (Å²) in [5, 5.41) is 15.8. The van der Waals surface area contributed by atoms with Crippen molar-refractivity contribution in [1.29, 1.82) is 0 Å². The third-order valence-corrected chi connectivity index (χ3v) is 15.7. The van der Waals surface area contributed by atoms with Gasteiger partial charge in [0.15, 0.2) is 0 Å². The standard InChI is InChI=1S/C54H30S3/c1-2-13-31(14-3-1)48-36-18-6-8-20-38(36)49(39-21-9-7-19-37(39)48)33-25-27-46-43(30-33)40-22-12-23-42(52(40)55-46)50-34-16-5-4-15-32(34)29-44-51-47(57-54(44)50)28-26-41-35-17-10-11-24-45(35)56-53(41)51/h1-30H. The molecule has 3 heterocycles. The topological polar surface area (TPSA) is 0 Å². The summed E-state index contributed by atoms with van der Waals surface area (Å²) in [7, 11) is 0. The van der Waals surface area contributed by atoms with E-state index in [2.05, 4.69) is 182 Å². The number of fused-ring (bicyclic) bond motifs is 13. The van der Waals surface area contributed by atoms with Crippen LogP contribution in [0.3, 0.4) is 0 Å². The Kier molecular flexibility index (Phi) is 6.73. The van der Waals surface area contributed by atoms with Crippen LogP contribution in [0.15, 0.2) is 182 Å². The second-order valence-electron chi connectivity index (χ2n) is 15.1. The van der Waals surface area contributed by atoms with Gasteiger partial charge in [-0.1, -0.05) is 152 Å². The molecular formula is C54H30S3. The average molecular weight is 775 g/mol. The van der Waals surface area contributed by atoms with Crippen LogP contribution in [0.2, 0.25) is 0 Å². The van der Waals surface area contributed by atoms with E-state index in [9.17, 15) is 0 Å². The van der Waals surface area contributed by atoms with Crippen LogP contribution in [0.1, 0.15) is 0 Å². The highest BCUT2D eigenvalue weighted by Gasteiger charge is 2.22. The normalized spacial score (nSPS) is 12.2. The van der Waals surface area contributed by atoms with E-state index in [4.69, 9.17) is 0 Å². The molecule has 10 aromatic carbocycles. The third-order valence-electron chi connectivity index (χ3n) is 12.0. The maximum absolute atomic E-state index is 2.46. The van der Waals surface area contributed by atoms with Gasteiger partial charge in [-0.15, -0.1) is 34.0 Å². The molecule has 0 aliphatic carbocycles. The fourth-order valence-corrected chi connectivity index (χ4v) is 13.4. The van der Waals surface area contributed by atoms with Gasteiger partial charge in [-0.25, -0.2) is 0 Å². The number of thiophene rings is 3. The summed E-state index contributed by atoms with van der Waals surface area (Å²) in [5.74, 6) is 0. The lowest BCUT2D eigenvalue weighted by Crippen LogP contribution is -1.90. The Labute approximate surface area is 340 Å². The molecule has 0 fully saturated rings. The molecule has 13 rings (SSSR count). The van der Waals surface area contributed by atoms with Crippen LogP contribution in [0, 0.1) is 0 Å². The average Bonchev–Trinajstić information content (AvgIpc) is 3.96. The monoisotopic (exact) mass is 774 g/mol. The minimum absolute atomic E-state index is 1.25.